The van der Waals surface area contributed by atoms with Gasteiger partial charge in [-0.25, -0.2) is 9.13 Å². The van der Waals surface area contributed by atoms with Crippen LogP contribution in [0.4, 0.5) is 0 Å². The van der Waals surface area contributed by atoms with Crippen molar-refractivity contribution in [2.24, 2.45) is 17.3 Å². The highest BCUT2D eigenvalue weighted by Gasteiger charge is 2.48. The Balaban J connectivity index is 2.62. The molecule has 0 bridgehead atoms. The van der Waals surface area contributed by atoms with E-state index < -0.39 is 21.2 Å². The second-order valence-corrected chi connectivity index (χ2v) is 10.9. The molecule has 0 spiro atoms. The van der Waals surface area contributed by atoms with Crippen LogP contribution in [0.1, 0.15) is 60.3 Å². The first-order valence-corrected chi connectivity index (χ1v) is 11.7. The van der Waals surface area contributed by atoms with Crippen molar-refractivity contribution in [2.45, 2.75) is 65.9 Å². The van der Waals surface area contributed by atoms with Crippen molar-refractivity contribution in [1.29, 1.82) is 0 Å². The highest BCUT2D eigenvalue weighted by Crippen LogP contribution is 2.57. The van der Waals surface area contributed by atoms with Gasteiger partial charge in [-0.15, -0.1) is 0 Å². The topological polar surface area (TPSA) is 134 Å². The SMILES string of the molecule is C/C(=C\COP(=O)(O)OP(=O)(O)O)CC[C@H]1C(C)(C)[C@@H](C)CC[C@@]1(C)O. The van der Waals surface area contributed by atoms with E-state index in [0.29, 0.717) is 12.3 Å². The molecular weight excluding hydrogens is 382 g/mol. The average molecular weight is 414 g/mol. The third kappa shape index (κ3) is 7.17. The lowest BCUT2D eigenvalue weighted by molar-refractivity contribution is -0.114. The number of phosphoric acid groups is 2. The molecule has 0 aliphatic heterocycles. The molecule has 1 rings (SSSR count). The van der Waals surface area contributed by atoms with Crippen LogP contribution in [0.25, 0.3) is 0 Å². The molecule has 0 radical (unpaired) electrons. The number of allylic oxidation sites excluding steroid dienone is 1. The normalized spacial score (nSPS) is 32.3. The van der Waals surface area contributed by atoms with Crippen LogP contribution in [-0.4, -0.2) is 32.0 Å². The van der Waals surface area contributed by atoms with Crippen LogP contribution in [-0.2, 0) is 18.0 Å². The van der Waals surface area contributed by atoms with Crippen LogP contribution in [0.5, 0.6) is 0 Å². The predicted octanol–water partition coefficient (Wildman–Crippen LogP) is 3.76. The summed E-state index contributed by atoms with van der Waals surface area (Å²) in [7, 11) is -9.92. The zero-order valence-corrected chi connectivity index (χ0v) is 17.9. The summed E-state index contributed by atoms with van der Waals surface area (Å²) in [5.41, 5.74) is 0.160. The largest absolute Gasteiger partial charge is 0.481 e. The molecule has 0 aromatic heterocycles. The standard InChI is InChI=1S/C16H32O8P2/c1-12(9-11-23-26(21,22)24-25(18,19)20)6-7-14-15(3,4)13(2)8-10-16(14,5)17/h9,13-14,17H,6-8,10-11H2,1-5H3,(H,21,22)(H2,18,19,20)/b12-9+/t13-,14-,16+/m0/s1. The molecule has 1 saturated carbocycles. The Hall–Kier alpha value is -0.0400. The summed E-state index contributed by atoms with van der Waals surface area (Å²) >= 11 is 0. The lowest BCUT2D eigenvalue weighted by Crippen LogP contribution is -2.50. The first kappa shape index (κ1) is 24.0. The molecule has 4 atom stereocenters. The third-order valence-corrected chi connectivity index (χ3v) is 7.86. The van der Waals surface area contributed by atoms with Crippen LogP contribution in [0.2, 0.25) is 0 Å². The summed E-state index contributed by atoms with van der Waals surface area (Å²) < 4.78 is 30.2. The molecular formula is C16H32O8P2. The zero-order chi connectivity index (χ0) is 20.4. The van der Waals surface area contributed by atoms with Crippen molar-refractivity contribution < 1.29 is 37.8 Å². The van der Waals surface area contributed by atoms with E-state index >= 15 is 0 Å². The van der Waals surface area contributed by atoms with Gasteiger partial charge in [0.15, 0.2) is 0 Å². The van der Waals surface area contributed by atoms with Gasteiger partial charge in [0.2, 0.25) is 0 Å². The van der Waals surface area contributed by atoms with Gasteiger partial charge in [-0.2, -0.15) is 4.31 Å². The molecule has 8 nitrogen and oxygen atoms in total. The molecule has 0 saturated heterocycles. The van der Waals surface area contributed by atoms with Gasteiger partial charge in [0.25, 0.3) is 0 Å². The first-order chi connectivity index (χ1) is 11.6. The lowest BCUT2D eigenvalue weighted by atomic mass is 9.56. The van der Waals surface area contributed by atoms with Crippen molar-refractivity contribution in [2.75, 3.05) is 6.61 Å². The number of hydrogen-bond acceptors (Lipinski definition) is 5. The maximum atomic E-state index is 11.4. The minimum atomic E-state index is -5.10. The van der Waals surface area contributed by atoms with E-state index in [4.69, 9.17) is 9.79 Å². The van der Waals surface area contributed by atoms with Gasteiger partial charge >= 0.3 is 15.6 Å². The maximum absolute atomic E-state index is 11.4. The van der Waals surface area contributed by atoms with E-state index in [1.165, 1.54) is 0 Å². The number of phosphoric ester groups is 1. The van der Waals surface area contributed by atoms with E-state index in [0.717, 1.165) is 24.8 Å². The second kappa shape index (κ2) is 8.54. The Morgan fingerprint density at radius 1 is 1.23 bits per heavy atom. The number of rotatable bonds is 8. The minimum Gasteiger partial charge on any atom is -0.390 e. The monoisotopic (exact) mass is 414 g/mol. The maximum Gasteiger partial charge on any atom is 0.481 e. The molecule has 1 aliphatic rings. The van der Waals surface area contributed by atoms with E-state index in [2.05, 4.69) is 29.6 Å². The van der Waals surface area contributed by atoms with Gasteiger partial charge in [0.05, 0.1) is 12.2 Å². The minimum absolute atomic E-state index is 0.00339. The highest BCUT2D eigenvalue weighted by molar-refractivity contribution is 7.60. The summed E-state index contributed by atoms with van der Waals surface area (Å²) in [6.07, 6.45) is 4.77. The predicted molar refractivity (Wildman–Crippen MR) is 98.2 cm³/mol. The Bertz CT molecular complexity index is 607. The Kier molecular flexibility index (Phi) is 7.88. The van der Waals surface area contributed by atoms with Crippen molar-refractivity contribution in [3.63, 3.8) is 0 Å². The molecule has 26 heavy (non-hydrogen) atoms. The number of hydrogen-bond donors (Lipinski definition) is 4. The smallest absolute Gasteiger partial charge is 0.390 e. The van der Waals surface area contributed by atoms with Gasteiger partial charge in [0.1, 0.15) is 0 Å². The molecule has 1 aliphatic carbocycles. The lowest BCUT2D eigenvalue weighted by Gasteiger charge is -2.52. The molecule has 4 N–H and O–H groups in total. The fraction of sp³-hybridized carbons (Fsp3) is 0.875. The van der Waals surface area contributed by atoms with Crippen molar-refractivity contribution in [1.82, 2.24) is 0 Å². The third-order valence-electron chi connectivity index (χ3n) is 5.71. The molecule has 0 aromatic rings. The van der Waals surface area contributed by atoms with Crippen LogP contribution in [0, 0.1) is 17.3 Å². The first-order valence-electron chi connectivity index (χ1n) is 8.69. The Morgan fingerprint density at radius 2 is 1.81 bits per heavy atom. The summed E-state index contributed by atoms with van der Waals surface area (Å²) in [5.74, 6) is 0.621. The van der Waals surface area contributed by atoms with Crippen LogP contribution in [0.15, 0.2) is 11.6 Å². The molecule has 10 heteroatoms. The van der Waals surface area contributed by atoms with E-state index in [1.807, 2.05) is 13.8 Å². The van der Waals surface area contributed by atoms with Crippen LogP contribution in [0.3, 0.4) is 0 Å². The van der Waals surface area contributed by atoms with Gasteiger partial charge in [-0.3, -0.25) is 4.52 Å². The molecule has 154 valence electrons. The summed E-state index contributed by atoms with van der Waals surface area (Å²) in [4.78, 5) is 26.3. The molecule has 1 fully saturated rings. The zero-order valence-electron chi connectivity index (χ0n) is 16.1. The van der Waals surface area contributed by atoms with Gasteiger partial charge in [-0.1, -0.05) is 32.4 Å². The van der Waals surface area contributed by atoms with Gasteiger partial charge in [0, 0.05) is 0 Å². The van der Waals surface area contributed by atoms with Crippen molar-refractivity contribution >= 4 is 15.6 Å². The Labute approximate surface area is 155 Å². The van der Waals surface area contributed by atoms with Gasteiger partial charge in [-0.05, 0) is 56.8 Å². The fourth-order valence-electron chi connectivity index (χ4n) is 3.79. The van der Waals surface area contributed by atoms with Crippen molar-refractivity contribution in [3.05, 3.63) is 11.6 Å². The second-order valence-electron chi connectivity index (χ2n) is 8.10. The molecule has 0 amide bonds. The summed E-state index contributed by atoms with van der Waals surface area (Å²) in [5, 5.41) is 10.8. The Morgan fingerprint density at radius 3 is 2.35 bits per heavy atom. The number of aliphatic hydroxyl groups is 1. The molecule has 0 aromatic carbocycles. The molecule has 0 heterocycles. The quantitative estimate of drug-likeness (QED) is 0.348. The van der Waals surface area contributed by atoms with Crippen LogP contribution >= 0.6 is 15.6 Å². The molecule has 1 unspecified atom stereocenters. The average Bonchev–Trinajstić information content (AvgIpc) is 2.40. The van der Waals surface area contributed by atoms with E-state index in [1.54, 1.807) is 6.08 Å². The summed E-state index contributed by atoms with van der Waals surface area (Å²) in [6.45, 7) is 9.98. The summed E-state index contributed by atoms with van der Waals surface area (Å²) in [6, 6.07) is 0. The van der Waals surface area contributed by atoms with Gasteiger partial charge < -0.3 is 19.8 Å². The highest BCUT2D eigenvalue weighted by atomic mass is 31.3. The van der Waals surface area contributed by atoms with E-state index in [-0.39, 0.29) is 17.9 Å². The van der Waals surface area contributed by atoms with Crippen LogP contribution < -0.4 is 0 Å². The van der Waals surface area contributed by atoms with Crippen molar-refractivity contribution in [3.8, 4) is 0 Å². The van der Waals surface area contributed by atoms with E-state index in [9.17, 15) is 19.1 Å². The fourth-order valence-corrected chi connectivity index (χ4v) is 5.32.